The average Bonchev–Trinajstić information content (AvgIpc) is 2.66. The molecular formula is C19H19F3N4O5. The van der Waals surface area contributed by atoms with Crippen LogP contribution in [0.3, 0.4) is 0 Å². The lowest BCUT2D eigenvalue weighted by molar-refractivity contribution is -0.388. The second kappa shape index (κ2) is 9.00. The molecule has 2 aromatic rings. The molecule has 0 fully saturated rings. The third-order valence-electron chi connectivity index (χ3n) is 4.09. The molecule has 0 saturated heterocycles. The number of halogens is 3. The normalized spacial score (nSPS) is 13.1. The van der Waals surface area contributed by atoms with Crippen molar-refractivity contribution in [3.8, 4) is 0 Å². The molecule has 9 nitrogen and oxygen atoms in total. The minimum Gasteiger partial charge on any atom is -0.382 e. The van der Waals surface area contributed by atoms with E-state index in [1.54, 1.807) is 24.3 Å². The zero-order valence-electron chi connectivity index (χ0n) is 16.4. The molecule has 0 aromatic heterocycles. The van der Waals surface area contributed by atoms with E-state index in [1.807, 2.05) is 0 Å². The number of nitrogens with one attached hydrogen (secondary N) is 3. The molecule has 0 aliphatic rings. The quantitative estimate of drug-likeness (QED) is 0.385. The van der Waals surface area contributed by atoms with Gasteiger partial charge in [0.2, 0.25) is 5.91 Å². The number of hydrogen-bond donors (Lipinski definition) is 4. The topological polar surface area (TPSA) is 134 Å². The monoisotopic (exact) mass is 440 g/mol. The van der Waals surface area contributed by atoms with Crippen LogP contribution in [0, 0.1) is 10.1 Å². The largest absolute Gasteiger partial charge is 0.423 e. The van der Waals surface area contributed by atoms with E-state index in [-0.39, 0.29) is 18.1 Å². The van der Waals surface area contributed by atoms with E-state index >= 15 is 0 Å². The van der Waals surface area contributed by atoms with Gasteiger partial charge < -0.3 is 21.1 Å². The number of hydrogen-bond acceptors (Lipinski definition) is 6. The average molecular weight is 440 g/mol. The van der Waals surface area contributed by atoms with Crippen LogP contribution < -0.4 is 16.0 Å². The molecule has 0 aliphatic heterocycles. The number of carbonyl (C=O) groups is 2. The standard InChI is InChI=1S/C19H19F3N4O5/c1-11(27)24-13-5-3-12(4-6-13)23-10-18(2,29)17(28)25-14-7-8-16(26(30)31)15(9-14)19(20,21)22/h3-9,23,29H,10H2,1-2H3,(H,24,27)(H,25,28). The summed E-state index contributed by atoms with van der Waals surface area (Å²) < 4.78 is 39.2. The Hall–Kier alpha value is -3.67. The van der Waals surface area contributed by atoms with Gasteiger partial charge in [-0.05, 0) is 43.3 Å². The first kappa shape index (κ1) is 23.6. The fraction of sp³-hybridized carbons (Fsp3) is 0.263. The highest BCUT2D eigenvalue weighted by atomic mass is 19.4. The summed E-state index contributed by atoms with van der Waals surface area (Å²) >= 11 is 0. The highest BCUT2D eigenvalue weighted by Gasteiger charge is 2.39. The summed E-state index contributed by atoms with van der Waals surface area (Å²) in [5.74, 6) is -1.27. The third-order valence-corrected chi connectivity index (χ3v) is 4.09. The summed E-state index contributed by atoms with van der Waals surface area (Å²) in [5, 5.41) is 28.7. The lowest BCUT2D eigenvalue weighted by Crippen LogP contribution is -2.45. The Morgan fingerprint density at radius 3 is 2.10 bits per heavy atom. The smallest absolute Gasteiger partial charge is 0.382 e. The lowest BCUT2D eigenvalue weighted by atomic mass is 10.1. The molecule has 0 saturated carbocycles. The second-order valence-corrected chi connectivity index (χ2v) is 6.83. The van der Waals surface area contributed by atoms with Crippen LogP contribution in [0.15, 0.2) is 42.5 Å². The SMILES string of the molecule is CC(=O)Nc1ccc(NCC(C)(O)C(=O)Nc2ccc([N+](=O)[O-])c(C(F)(F)F)c2)cc1. The molecule has 4 N–H and O–H groups in total. The van der Waals surface area contributed by atoms with Gasteiger partial charge in [-0.1, -0.05) is 0 Å². The molecule has 0 radical (unpaired) electrons. The van der Waals surface area contributed by atoms with Crippen molar-refractivity contribution >= 4 is 34.6 Å². The Labute approximate surface area is 174 Å². The van der Waals surface area contributed by atoms with Crippen molar-refractivity contribution in [2.75, 3.05) is 22.5 Å². The molecule has 2 aromatic carbocycles. The van der Waals surface area contributed by atoms with Crippen LogP contribution in [0.25, 0.3) is 0 Å². The zero-order valence-corrected chi connectivity index (χ0v) is 16.4. The molecule has 0 bridgehead atoms. The van der Waals surface area contributed by atoms with Crippen molar-refractivity contribution in [3.63, 3.8) is 0 Å². The van der Waals surface area contributed by atoms with Gasteiger partial charge in [-0.2, -0.15) is 13.2 Å². The van der Waals surface area contributed by atoms with Gasteiger partial charge in [-0.3, -0.25) is 19.7 Å². The number of alkyl halides is 3. The maximum Gasteiger partial charge on any atom is 0.423 e. The Balaban J connectivity index is 2.08. The van der Waals surface area contributed by atoms with E-state index < -0.39 is 33.9 Å². The molecule has 1 atom stereocenters. The number of nitro groups is 1. The maximum absolute atomic E-state index is 13.1. The number of rotatable bonds is 7. The highest BCUT2D eigenvalue weighted by molar-refractivity contribution is 5.97. The van der Waals surface area contributed by atoms with Crippen LogP contribution in [-0.2, 0) is 15.8 Å². The molecule has 166 valence electrons. The maximum atomic E-state index is 13.1. The molecule has 0 heterocycles. The molecule has 0 aliphatic carbocycles. The molecular weight excluding hydrogens is 421 g/mol. The van der Waals surface area contributed by atoms with Crippen molar-refractivity contribution in [1.29, 1.82) is 0 Å². The zero-order chi connectivity index (χ0) is 23.4. The van der Waals surface area contributed by atoms with E-state index in [9.17, 15) is 38.0 Å². The third kappa shape index (κ3) is 6.40. The predicted molar refractivity (Wildman–Crippen MR) is 107 cm³/mol. The van der Waals surface area contributed by atoms with Crippen LogP contribution in [0.2, 0.25) is 0 Å². The Morgan fingerprint density at radius 1 is 1.03 bits per heavy atom. The van der Waals surface area contributed by atoms with Gasteiger partial charge in [-0.15, -0.1) is 0 Å². The fourth-order valence-electron chi connectivity index (χ4n) is 2.49. The van der Waals surface area contributed by atoms with Gasteiger partial charge in [0.1, 0.15) is 5.56 Å². The molecule has 2 rings (SSSR count). The summed E-state index contributed by atoms with van der Waals surface area (Å²) in [7, 11) is 0. The summed E-state index contributed by atoms with van der Waals surface area (Å²) in [6, 6.07) is 8.36. The van der Waals surface area contributed by atoms with Gasteiger partial charge in [0.05, 0.1) is 11.5 Å². The van der Waals surface area contributed by atoms with Crippen molar-refractivity contribution < 1.29 is 32.8 Å². The van der Waals surface area contributed by atoms with Crippen LogP contribution in [0.1, 0.15) is 19.4 Å². The summed E-state index contributed by atoms with van der Waals surface area (Å²) in [6.07, 6.45) is -5.00. The Bertz CT molecular complexity index is 991. The van der Waals surface area contributed by atoms with Gasteiger partial charge in [0.25, 0.3) is 11.6 Å². The van der Waals surface area contributed by atoms with Crippen LogP contribution in [-0.4, -0.2) is 34.0 Å². The molecule has 1 unspecified atom stereocenters. The first-order chi connectivity index (χ1) is 14.3. The van der Waals surface area contributed by atoms with Crippen molar-refractivity contribution in [2.24, 2.45) is 0 Å². The fourth-order valence-corrected chi connectivity index (χ4v) is 2.49. The minimum absolute atomic E-state index is 0.250. The highest BCUT2D eigenvalue weighted by Crippen LogP contribution is 2.37. The number of carbonyl (C=O) groups excluding carboxylic acids is 2. The molecule has 2 amide bonds. The van der Waals surface area contributed by atoms with Crippen molar-refractivity contribution in [2.45, 2.75) is 25.6 Å². The second-order valence-electron chi connectivity index (χ2n) is 6.83. The van der Waals surface area contributed by atoms with Gasteiger partial charge >= 0.3 is 6.18 Å². The van der Waals surface area contributed by atoms with E-state index in [1.165, 1.54) is 6.92 Å². The minimum atomic E-state index is -5.00. The number of nitrogens with zero attached hydrogens (tertiary/aromatic N) is 1. The summed E-state index contributed by atoms with van der Waals surface area (Å²) in [6.45, 7) is 2.21. The molecule has 12 heteroatoms. The van der Waals surface area contributed by atoms with Crippen LogP contribution in [0.4, 0.5) is 35.9 Å². The Kier molecular flexibility index (Phi) is 6.85. The van der Waals surface area contributed by atoms with E-state index in [0.717, 1.165) is 13.0 Å². The first-order valence-electron chi connectivity index (χ1n) is 8.80. The van der Waals surface area contributed by atoms with Crippen molar-refractivity contribution in [1.82, 2.24) is 0 Å². The van der Waals surface area contributed by atoms with Crippen LogP contribution in [0.5, 0.6) is 0 Å². The van der Waals surface area contributed by atoms with Crippen molar-refractivity contribution in [3.05, 3.63) is 58.1 Å². The first-order valence-corrected chi connectivity index (χ1v) is 8.80. The summed E-state index contributed by atoms with van der Waals surface area (Å²) in [5.41, 5.74) is -4.01. The van der Waals surface area contributed by atoms with E-state index in [2.05, 4.69) is 16.0 Å². The number of benzene rings is 2. The number of amides is 2. The van der Waals surface area contributed by atoms with E-state index in [4.69, 9.17) is 0 Å². The predicted octanol–water partition coefficient (Wildman–Crippen LogP) is 3.37. The Morgan fingerprint density at radius 2 is 1.58 bits per heavy atom. The lowest BCUT2D eigenvalue weighted by Gasteiger charge is -2.23. The number of aliphatic hydroxyl groups is 1. The van der Waals surface area contributed by atoms with E-state index in [0.29, 0.717) is 23.5 Å². The number of nitro benzene ring substituents is 1. The summed E-state index contributed by atoms with van der Waals surface area (Å²) in [4.78, 5) is 33.0. The molecule has 0 spiro atoms. The van der Waals surface area contributed by atoms with Gasteiger partial charge in [0.15, 0.2) is 5.60 Å². The number of anilines is 3. The van der Waals surface area contributed by atoms with Gasteiger partial charge in [0, 0.05) is 30.1 Å². The van der Waals surface area contributed by atoms with Gasteiger partial charge in [-0.25, -0.2) is 0 Å². The molecule has 31 heavy (non-hydrogen) atoms. The van der Waals surface area contributed by atoms with Crippen LogP contribution >= 0.6 is 0 Å².